The van der Waals surface area contributed by atoms with E-state index in [0.29, 0.717) is 70.5 Å². The molecule has 0 saturated carbocycles. The molecule has 0 fully saturated rings. The molecular formula is C54H70Cl2N8O10. The molecule has 0 saturated heterocycles. The number of likely N-dealkylation sites (N-methyl/N-ethyl adjacent to an activating group) is 2. The number of benzene rings is 4. The number of nitrogens with two attached hydrogens (primary N) is 2. The van der Waals surface area contributed by atoms with Gasteiger partial charge in [-0.25, -0.2) is 9.59 Å². The highest BCUT2D eigenvalue weighted by Crippen LogP contribution is 2.28. The number of amides is 6. The maximum absolute atomic E-state index is 13.2. The van der Waals surface area contributed by atoms with Crippen LogP contribution in [-0.2, 0) is 28.7 Å². The molecule has 4 aromatic carbocycles. The quantitative estimate of drug-likeness (QED) is 0.0334. The third kappa shape index (κ3) is 21.3. The number of hydrogen-bond acceptors (Lipinski definition) is 12. The minimum atomic E-state index is -1.00. The monoisotopic (exact) mass is 1060 g/mol. The van der Waals surface area contributed by atoms with Gasteiger partial charge in [-0.15, -0.1) is 0 Å². The standard InChI is InChI=1S/C32H43ClN4O7.C22H27ClN4O3/c1-31(2,3)43-29(41)34-18-12-11-15-24(36-30(42)44-32(4,5)6)28(40)35-20-26(38)37(7)25-17-16-22(33)19-23(25)27(39)21-13-9-8-10-14-21;1-27(20(28)14-26-22(30)18(25)9-5-6-12-24)19-11-10-16(23)13-17(19)21(29)15-7-3-2-4-8-15/h8-10,13-14,16-17,19,24H,11-12,15,18,20H2,1-7H3,(H,34,41)(H,35,40)(H,36,42);2-4,7-8,10-11,13,18H,5-6,9,12,14,24-25H2,1H3,(H,26,30)/t24-;18-/m00/s1. The maximum atomic E-state index is 13.2. The lowest BCUT2D eigenvalue weighted by atomic mass is 10.0. The van der Waals surface area contributed by atoms with Crippen molar-refractivity contribution >= 4 is 82.0 Å². The molecule has 2 atom stereocenters. The zero-order valence-electron chi connectivity index (χ0n) is 43.4. The average molecular weight is 1060 g/mol. The van der Waals surface area contributed by atoms with E-state index in [4.69, 9.17) is 44.1 Å². The number of nitrogens with zero attached hydrogens (tertiary/aromatic N) is 2. The van der Waals surface area contributed by atoms with Crippen molar-refractivity contribution in [3.8, 4) is 0 Å². The number of alkyl carbamates (subject to hydrolysis) is 2. The summed E-state index contributed by atoms with van der Waals surface area (Å²) in [7, 11) is 3.04. The Kier molecular flexibility index (Phi) is 24.7. The molecule has 0 heterocycles. The smallest absolute Gasteiger partial charge is 0.408 e. The lowest BCUT2D eigenvalue weighted by Gasteiger charge is -2.24. The van der Waals surface area contributed by atoms with E-state index < -0.39 is 59.7 Å². The molecule has 400 valence electrons. The third-order valence-corrected chi connectivity index (χ3v) is 11.1. The van der Waals surface area contributed by atoms with Crippen LogP contribution in [0.2, 0.25) is 10.0 Å². The fraction of sp³-hybridized carbons (Fsp3) is 0.407. The largest absolute Gasteiger partial charge is 0.444 e. The summed E-state index contributed by atoms with van der Waals surface area (Å²) >= 11 is 12.3. The number of unbranched alkanes of at least 4 members (excludes halogenated alkanes) is 2. The molecule has 4 rings (SSSR count). The summed E-state index contributed by atoms with van der Waals surface area (Å²) in [5, 5.41) is 11.1. The summed E-state index contributed by atoms with van der Waals surface area (Å²) < 4.78 is 10.5. The number of hydrogen-bond donors (Lipinski definition) is 6. The molecule has 0 aliphatic carbocycles. The van der Waals surface area contributed by atoms with E-state index in [9.17, 15) is 38.4 Å². The second-order valence-corrected chi connectivity index (χ2v) is 19.9. The van der Waals surface area contributed by atoms with Crippen LogP contribution in [-0.4, -0.2) is 111 Å². The maximum Gasteiger partial charge on any atom is 0.408 e. The molecule has 0 aliphatic heterocycles. The van der Waals surface area contributed by atoms with E-state index in [1.807, 2.05) is 6.07 Å². The molecule has 0 spiro atoms. The van der Waals surface area contributed by atoms with Gasteiger partial charge < -0.3 is 52.0 Å². The van der Waals surface area contributed by atoms with Gasteiger partial charge in [-0.05, 0) is 117 Å². The van der Waals surface area contributed by atoms with Crippen LogP contribution in [0.3, 0.4) is 0 Å². The van der Waals surface area contributed by atoms with Crippen molar-refractivity contribution in [1.29, 1.82) is 0 Å². The minimum Gasteiger partial charge on any atom is -0.444 e. The Bertz CT molecular complexity index is 2550. The van der Waals surface area contributed by atoms with Crippen molar-refractivity contribution < 1.29 is 47.8 Å². The van der Waals surface area contributed by atoms with Gasteiger partial charge in [-0.3, -0.25) is 28.8 Å². The van der Waals surface area contributed by atoms with Gasteiger partial charge in [0.05, 0.1) is 30.5 Å². The second kappa shape index (κ2) is 29.7. The van der Waals surface area contributed by atoms with E-state index >= 15 is 0 Å². The Morgan fingerprint density at radius 2 is 1.00 bits per heavy atom. The van der Waals surface area contributed by atoms with Gasteiger partial charge in [0.25, 0.3) is 0 Å². The number of carbonyl (C=O) groups excluding carboxylic acids is 8. The van der Waals surface area contributed by atoms with Crippen molar-refractivity contribution in [2.75, 3.05) is 50.1 Å². The van der Waals surface area contributed by atoms with Crippen LogP contribution in [0.4, 0.5) is 21.0 Å². The first-order valence-electron chi connectivity index (χ1n) is 24.1. The highest BCUT2D eigenvalue weighted by Gasteiger charge is 2.27. The van der Waals surface area contributed by atoms with Crippen molar-refractivity contribution in [1.82, 2.24) is 21.3 Å². The van der Waals surface area contributed by atoms with Crippen LogP contribution in [0.15, 0.2) is 97.1 Å². The van der Waals surface area contributed by atoms with Crippen LogP contribution in [0.25, 0.3) is 0 Å². The minimum absolute atomic E-state index is 0.220. The summed E-state index contributed by atoms with van der Waals surface area (Å²) in [6, 6.07) is 25.0. The molecule has 20 heteroatoms. The van der Waals surface area contributed by atoms with Gasteiger partial charge in [-0.1, -0.05) is 90.3 Å². The highest BCUT2D eigenvalue weighted by atomic mass is 35.5. The number of carbonyl (C=O) groups is 8. The van der Waals surface area contributed by atoms with Gasteiger partial charge in [0.2, 0.25) is 23.6 Å². The first-order valence-corrected chi connectivity index (χ1v) is 24.9. The second-order valence-electron chi connectivity index (χ2n) is 19.1. The molecule has 0 bridgehead atoms. The average Bonchev–Trinajstić information content (AvgIpc) is 3.35. The predicted octanol–water partition coefficient (Wildman–Crippen LogP) is 7.34. The van der Waals surface area contributed by atoms with E-state index in [0.717, 1.165) is 12.8 Å². The van der Waals surface area contributed by atoms with Crippen molar-refractivity contribution in [2.45, 2.75) is 103 Å². The number of halogens is 2. The van der Waals surface area contributed by atoms with Gasteiger partial charge in [0.15, 0.2) is 11.6 Å². The predicted molar refractivity (Wildman–Crippen MR) is 288 cm³/mol. The molecule has 6 amide bonds. The fourth-order valence-corrected chi connectivity index (χ4v) is 7.22. The zero-order chi connectivity index (χ0) is 55.2. The summed E-state index contributed by atoms with van der Waals surface area (Å²) in [4.78, 5) is 104. The number of rotatable bonds is 22. The molecule has 0 aliphatic rings. The van der Waals surface area contributed by atoms with Crippen LogP contribution >= 0.6 is 23.2 Å². The van der Waals surface area contributed by atoms with Gasteiger partial charge >= 0.3 is 12.2 Å². The number of anilines is 2. The Morgan fingerprint density at radius 3 is 1.45 bits per heavy atom. The van der Waals surface area contributed by atoms with E-state index in [1.54, 1.807) is 127 Å². The highest BCUT2D eigenvalue weighted by molar-refractivity contribution is 6.32. The van der Waals surface area contributed by atoms with Crippen LogP contribution in [0.5, 0.6) is 0 Å². The lowest BCUT2D eigenvalue weighted by Crippen LogP contribution is -2.50. The van der Waals surface area contributed by atoms with E-state index in [1.165, 1.54) is 29.0 Å². The molecule has 8 N–H and O–H groups in total. The SMILES string of the molecule is CN(C(=O)CNC(=O)[C@@H](N)CCCCN)c1ccc(Cl)cc1C(=O)c1ccccc1.CN(C(=O)CNC(=O)[C@H](CCCCNC(=O)OC(C)(C)C)NC(=O)OC(C)(C)C)c1ccc(Cl)cc1C(=O)c1ccccc1. The molecule has 4 aromatic rings. The molecule has 0 unspecified atom stereocenters. The van der Waals surface area contributed by atoms with E-state index in [-0.39, 0.29) is 36.0 Å². The van der Waals surface area contributed by atoms with Gasteiger partial charge in [-0.2, -0.15) is 0 Å². The Hall–Kier alpha value is -6.86. The Balaban J connectivity index is 0.000000419. The fourth-order valence-electron chi connectivity index (χ4n) is 6.88. The van der Waals surface area contributed by atoms with Crippen LogP contribution in [0, 0.1) is 0 Å². The topological polar surface area (TPSA) is 262 Å². The van der Waals surface area contributed by atoms with Crippen molar-refractivity contribution in [3.63, 3.8) is 0 Å². The summed E-state index contributed by atoms with van der Waals surface area (Å²) in [5.41, 5.74) is 12.0. The summed E-state index contributed by atoms with van der Waals surface area (Å²) in [5.74, 6) is -2.43. The van der Waals surface area contributed by atoms with E-state index in [2.05, 4.69) is 21.3 Å². The molecule has 0 aromatic heterocycles. The van der Waals surface area contributed by atoms with Gasteiger partial charge in [0.1, 0.15) is 17.2 Å². The molecule has 74 heavy (non-hydrogen) atoms. The van der Waals surface area contributed by atoms with Crippen LogP contribution in [0.1, 0.15) is 112 Å². The summed E-state index contributed by atoms with van der Waals surface area (Å²) in [6.07, 6.45) is 1.90. The van der Waals surface area contributed by atoms with Crippen molar-refractivity contribution in [3.05, 3.63) is 129 Å². The summed E-state index contributed by atoms with van der Waals surface area (Å²) in [6.45, 7) is 10.6. The number of ether oxygens (including phenoxy) is 2. The Labute approximate surface area is 443 Å². The van der Waals surface area contributed by atoms with Crippen LogP contribution < -0.4 is 42.5 Å². The van der Waals surface area contributed by atoms with Gasteiger partial charge in [0, 0.05) is 52.9 Å². The molecular weight excluding hydrogens is 992 g/mol. The normalized spacial score (nSPS) is 11.8. The zero-order valence-corrected chi connectivity index (χ0v) is 44.9. The third-order valence-electron chi connectivity index (χ3n) is 10.7. The molecule has 0 radical (unpaired) electrons. The number of ketones is 2. The number of nitrogens with one attached hydrogen (secondary N) is 4. The first-order chi connectivity index (χ1) is 34.8. The lowest BCUT2D eigenvalue weighted by molar-refractivity contribution is -0.126. The molecule has 18 nitrogen and oxygen atoms in total. The Morgan fingerprint density at radius 1 is 0.568 bits per heavy atom. The first kappa shape index (κ1) is 61.4. The van der Waals surface area contributed by atoms with Crippen molar-refractivity contribution in [2.24, 2.45) is 11.5 Å².